The van der Waals surface area contributed by atoms with Crippen LogP contribution >= 0.6 is 35.3 Å². The topological polar surface area (TPSA) is 96.2 Å². The minimum absolute atomic E-state index is 0. The van der Waals surface area contributed by atoms with Gasteiger partial charge in [-0.1, -0.05) is 12.1 Å². The smallest absolute Gasteiger partial charge is 0.263 e. The summed E-state index contributed by atoms with van der Waals surface area (Å²) in [4.78, 5) is 26.1. The maximum Gasteiger partial charge on any atom is 0.263 e. The summed E-state index contributed by atoms with van der Waals surface area (Å²) in [6.07, 6.45) is 0.916. The number of carbonyl (C=O) groups excluding carboxylic acids is 1. The lowest BCUT2D eigenvalue weighted by molar-refractivity contribution is 0.0957. The van der Waals surface area contributed by atoms with E-state index in [0.29, 0.717) is 24.5 Å². The number of carbonyl (C=O) groups is 1. The van der Waals surface area contributed by atoms with Gasteiger partial charge < -0.3 is 20.5 Å². The lowest BCUT2D eigenvalue weighted by Crippen LogP contribution is -2.41. The molecular formula is C21H30IN7OS. The number of aryl methyl sites for hydroxylation is 3. The number of amides is 1. The Labute approximate surface area is 204 Å². The number of guanidine groups is 1. The maximum atomic E-state index is 12.1. The summed E-state index contributed by atoms with van der Waals surface area (Å²) >= 11 is 1.36. The van der Waals surface area contributed by atoms with Crippen molar-refractivity contribution in [1.82, 2.24) is 30.5 Å². The van der Waals surface area contributed by atoms with E-state index in [9.17, 15) is 4.79 Å². The van der Waals surface area contributed by atoms with Crippen LogP contribution in [0.15, 0.2) is 34.8 Å². The summed E-state index contributed by atoms with van der Waals surface area (Å²) in [7, 11) is 0. The number of thiazole rings is 1. The number of hydrogen-bond donors (Lipinski definition) is 3. The highest BCUT2D eigenvalue weighted by Crippen LogP contribution is 2.15. The maximum absolute atomic E-state index is 12.1. The Hall–Kier alpha value is -2.21. The molecule has 3 rings (SSSR count). The number of halogens is 1. The van der Waals surface area contributed by atoms with Crippen LogP contribution in [0.3, 0.4) is 0 Å². The molecule has 0 bridgehead atoms. The first-order valence-electron chi connectivity index (χ1n) is 10.2. The van der Waals surface area contributed by atoms with Gasteiger partial charge in [-0.25, -0.2) is 9.97 Å². The number of para-hydroxylation sites is 2. The molecule has 1 aromatic carbocycles. The molecule has 3 N–H and O–H groups in total. The van der Waals surface area contributed by atoms with Gasteiger partial charge in [0.1, 0.15) is 10.7 Å². The molecule has 0 saturated heterocycles. The van der Waals surface area contributed by atoms with E-state index in [1.165, 1.54) is 11.3 Å². The standard InChI is InChI=1S/C21H29N7OS.HI/c1-4-22-21(25-12-11-23-20(29)19-15(2)26-14-30-19)24-10-7-13-28-16(3)27-17-8-5-6-9-18(17)28;/h5-6,8-9,14H,4,7,10-13H2,1-3H3,(H,23,29)(H2,22,24,25);1H. The predicted molar refractivity (Wildman–Crippen MR) is 138 cm³/mol. The van der Waals surface area contributed by atoms with Crippen molar-refractivity contribution in [2.24, 2.45) is 4.99 Å². The summed E-state index contributed by atoms with van der Waals surface area (Å²) in [6.45, 7) is 9.38. The van der Waals surface area contributed by atoms with E-state index in [-0.39, 0.29) is 29.9 Å². The minimum Gasteiger partial charge on any atom is -0.357 e. The Kier molecular flexibility index (Phi) is 10.2. The van der Waals surface area contributed by atoms with Crippen LogP contribution in [0, 0.1) is 13.8 Å². The minimum atomic E-state index is -0.0818. The predicted octanol–water partition coefficient (Wildman–Crippen LogP) is 3.10. The van der Waals surface area contributed by atoms with Gasteiger partial charge in [0, 0.05) is 32.7 Å². The highest BCUT2D eigenvalue weighted by atomic mass is 127. The molecule has 0 aliphatic heterocycles. The molecule has 0 spiro atoms. The number of nitrogens with one attached hydrogen (secondary N) is 3. The third-order valence-corrected chi connectivity index (χ3v) is 5.58. The Bertz CT molecular complexity index is 1010. The van der Waals surface area contributed by atoms with Crippen molar-refractivity contribution in [3.63, 3.8) is 0 Å². The van der Waals surface area contributed by atoms with Crippen LogP contribution in [0.1, 0.15) is 34.5 Å². The number of hydrogen-bond acceptors (Lipinski definition) is 5. The largest absolute Gasteiger partial charge is 0.357 e. The fraction of sp³-hybridized carbons (Fsp3) is 0.429. The average Bonchev–Trinajstić information content (AvgIpc) is 3.30. The number of imidazole rings is 1. The lowest BCUT2D eigenvalue weighted by Gasteiger charge is -2.12. The zero-order valence-corrected chi connectivity index (χ0v) is 21.3. The van der Waals surface area contributed by atoms with E-state index >= 15 is 0 Å². The van der Waals surface area contributed by atoms with Gasteiger partial charge in [0.25, 0.3) is 5.91 Å². The molecule has 2 heterocycles. The zero-order chi connectivity index (χ0) is 21.3. The molecule has 0 saturated carbocycles. The van der Waals surface area contributed by atoms with E-state index in [4.69, 9.17) is 0 Å². The van der Waals surface area contributed by atoms with Crippen molar-refractivity contribution >= 4 is 58.2 Å². The molecule has 10 heteroatoms. The van der Waals surface area contributed by atoms with Gasteiger partial charge in [0.05, 0.1) is 22.2 Å². The number of aliphatic imine (C=N–C) groups is 1. The highest BCUT2D eigenvalue weighted by Gasteiger charge is 2.10. The van der Waals surface area contributed by atoms with Crippen LogP contribution in [0.25, 0.3) is 11.0 Å². The summed E-state index contributed by atoms with van der Waals surface area (Å²) in [6, 6.07) is 8.20. The molecule has 168 valence electrons. The van der Waals surface area contributed by atoms with Crippen LogP contribution in [-0.2, 0) is 6.54 Å². The van der Waals surface area contributed by atoms with Gasteiger partial charge >= 0.3 is 0 Å². The second-order valence-corrected chi connectivity index (χ2v) is 7.72. The summed E-state index contributed by atoms with van der Waals surface area (Å²) in [5.74, 6) is 1.70. The summed E-state index contributed by atoms with van der Waals surface area (Å²) in [5.41, 5.74) is 4.65. The van der Waals surface area contributed by atoms with Gasteiger partial charge in [0.15, 0.2) is 5.96 Å². The third-order valence-electron chi connectivity index (χ3n) is 4.65. The molecule has 3 aromatic rings. The molecular weight excluding hydrogens is 525 g/mol. The van der Waals surface area contributed by atoms with Crippen LogP contribution in [-0.4, -0.2) is 52.6 Å². The van der Waals surface area contributed by atoms with Crippen molar-refractivity contribution in [3.8, 4) is 0 Å². The van der Waals surface area contributed by atoms with Gasteiger partial charge in [-0.2, -0.15) is 0 Å². The van der Waals surface area contributed by atoms with Gasteiger partial charge in [0.2, 0.25) is 0 Å². The molecule has 8 nitrogen and oxygen atoms in total. The number of fused-ring (bicyclic) bond motifs is 1. The van der Waals surface area contributed by atoms with Gasteiger partial charge in [-0.3, -0.25) is 9.79 Å². The fourth-order valence-corrected chi connectivity index (χ4v) is 3.92. The van der Waals surface area contributed by atoms with Crippen LogP contribution in [0.2, 0.25) is 0 Å². The van der Waals surface area contributed by atoms with Crippen molar-refractivity contribution in [3.05, 3.63) is 46.2 Å². The summed E-state index contributed by atoms with van der Waals surface area (Å²) < 4.78 is 2.24. The second-order valence-electron chi connectivity index (χ2n) is 6.86. The van der Waals surface area contributed by atoms with Crippen molar-refractivity contribution < 1.29 is 4.79 Å². The Morgan fingerprint density at radius 2 is 1.94 bits per heavy atom. The zero-order valence-electron chi connectivity index (χ0n) is 18.1. The van der Waals surface area contributed by atoms with E-state index in [1.807, 2.05) is 39.0 Å². The number of benzene rings is 1. The third kappa shape index (κ3) is 6.89. The quantitative estimate of drug-likeness (QED) is 0.163. The molecule has 2 aromatic heterocycles. The first kappa shape index (κ1) is 25.1. The van der Waals surface area contributed by atoms with Crippen LogP contribution < -0.4 is 16.0 Å². The molecule has 0 aliphatic rings. The first-order chi connectivity index (χ1) is 14.6. The van der Waals surface area contributed by atoms with E-state index < -0.39 is 0 Å². The number of rotatable bonds is 9. The highest BCUT2D eigenvalue weighted by molar-refractivity contribution is 14.0. The van der Waals surface area contributed by atoms with E-state index in [1.54, 1.807) is 5.51 Å². The number of aromatic nitrogens is 3. The van der Waals surface area contributed by atoms with E-state index in [2.05, 4.69) is 41.5 Å². The molecule has 31 heavy (non-hydrogen) atoms. The molecule has 1 amide bonds. The van der Waals surface area contributed by atoms with Crippen molar-refractivity contribution in [1.29, 1.82) is 0 Å². The van der Waals surface area contributed by atoms with Crippen LogP contribution in [0.4, 0.5) is 0 Å². The van der Waals surface area contributed by atoms with Crippen LogP contribution in [0.5, 0.6) is 0 Å². The lowest BCUT2D eigenvalue weighted by atomic mass is 10.3. The monoisotopic (exact) mass is 555 g/mol. The molecule has 0 aliphatic carbocycles. The normalized spacial score (nSPS) is 11.3. The first-order valence-corrected chi connectivity index (χ1v) is 11.1. The number of nitrogens with zero attached hydrogens (tertiary/aromatic N) is 4. The average molecular weight is 555 g/mol. The second kappa shape index (κ2) is 12.6. The van der Waals surface area contributed by atoms with Crippen molar-refractivity contribution in [2.75, 3.05) is 26.2 Å². The van der Waals surface area contributed by atoms with Gasteiger partial charge in [-0.15, -0.1) is 35.3 Å². The molecule has 0 fully saturated rings. The molecule has 0 radical (unpaired) electrons. The van der Waals surface area contributed by atoms with E-state index in [0.717, 1.165) is 48.0 Å². The fourth-order valence-electron chi connectivity index (χ4n) is 3.20. The van der Waals surface area contributed by atoms with Crippen molar-refractivity contribution in [2.45, 2.75) is 33.7 Å². The molecule has 0 atom stereocenters. The molecule has 0 unspecified atom stereocenters. The van der Waals surface area contributed by atoms with Gasteiger partial charge in [-0.05, 0) is 39.3 Å². The summed E-state index contributed by atoms with van der Waals surface area (Å²) in [5, 5.41) is 9.41. The SMILES string of the molecule is CCNC(=NCCCn1c(C)nc2ccccc21)NCCNC(=O)c1scnc1C.I. The Morgan fingerprint density at radius 3 is 2.68 bits per heavy atom. The Morgan fingerprint density at radius 1 is 1.16 bits per heavy atom. The Balaban J connectivity index is 0.00000341.